The number of benzene rings is 1. The molecule has 2 heterocycles. The Hall–Kier alpha value is -1.60. The number of rotatable bonds is 3. The molecular weight excluding hydrogens is 316 g/mol. The van der Waals surface area contributed by atoms with Gasteiger partial charge in [0.1, 0.15) is 0 Å². The Morgan fingerprint density at radius 1 is 1.35 bits per heavy atom. The number of amides is 1. The summed E-state index contributed by atoms with van der Waals surface area (Å²) in [5.74, 6) is 0.109. The van der Waals surface area contributed by atoms with Crippen LogP contribution in [0, 0.1) is 0 Å². The molecule has 1 aromatic carbocycles. The second kappa shape index (κ2) is 6.49. The van der Waals surface area contributed by atoms with Crippen molar-refractivity contribution < 1.29 is 17.9 Å². The van der Waals surface area contributed by atoms with Crippen LogP contribution in [0.25, 0.3) is 0 Å². The lowest BCUT2D eigenvalue weighted by molar-refractivity contribution is -0.0226. The minimum atomic E-state index is -3.23. The Kier molecular flexibility index (Phi) is 4.59. The molecule has 6 nitrogen and oxygen atoms in total. The fourth-order valence-electron chi connectivity index (χ4n) is 3.06. The zero-order valence-corrected chi connectivity index (χ0v) is 14.1. The van der Waals surface area contributed by atoms with E-state index in [0.717, 1.165) is 6.42 Å². The molecule has 0 bridgehead atoms. The third kappa shape index (κ3) is 3.35. The molecule has 2 aliphatic heterocycles. The van der Waals surface area contributed by atoms with Crippen molar-refractivity contribution in [2.45, 2.75) is 25.9 Å². The minimum absolute atomic E-state index is 0.0646. The number of morpholine rings is 1. The molecule has 1 amide bonds. The van der Waals surface area contributed by atoms with Gasteiger partial charge in [-0.3, -0.25) is 9.10 Å². The van der Waals surface area contributed by atoms with Gasteiger partial charge >= 0.3 is 0 Å². The first-order valence-electron chi connectivity index (χ1n) is 8.02. The average Bonchev–Trinajstić information content (AvgIpc) is 2.93. The van der Waals surface area contributed by atoms with E-state index < -0.39 is 10.0 Å². The van der Waals surface area contributed by atoms with E-state index in [1.165, 1.54) is 4.31 Å². The molecule has 0 saturated carbocycles. The van der Waals surface area contributed by atoms with Crippen LogP contribution in [0.1, 0.15) is 30.1 Å². The predicted molar refractivity (Wildman–Crippen MR) is 88.1 cm³/mol. The molecule has 23 heavy (non-hydrogen) atoms. The van der Waals surface area contributed by atoms with Gasteiger partial charge in [-0.25, -0.2) is 8.42 Å². The van der Waals surface area contributed by atoms with Gasteiger partial charge in [-0.15, -0.1) is 0 Å². The van der Waals surface area contributed by atoms with E-state index in [1.807, 2.05) is 6.92 Å². The van der Waals surface area contributed by atoms with Gasteiger partial charge in [-0.2, -0.15) is 0 Å². The minimum Gasteiger partial charge on any atom is -0.375 e. The summed E-state index contributed by atoms with van der Waals surface area (Å²) in [6, 6.07) is 6.91. The fraction of sp³-hybridized carbons (Fsp3) is 0.562. The molecule has 0 N–H and O–H groups in total. The molecule has 0 radical (unpaired) electrons. The van der Waals surface area contributed by atoms with Gasteiger partial charge in [0.15, 0.2) is 0 Å². The molecule has 7 heteroatoms. The summed E-state index contributed by atoms with van der Waals surface area (Å²) < 4.78 is 31.1. The highest BCUT2D eigenvalue weighted by Crippen LogP contribution is 2.25. The lowest BCUT2D eigenvalue weighted by atomic mass is 10.1. The number of anilines is 1. The van der Waals surface area contributed by atoms with Crippen molar-refractivity contribution in [1.82, 2.24) is 4.90 Å². The quantitative estimate of drug-likeness (QED) is 0.837. The van der Waals surface area contributed by atoms with Gasteiger partial charge in [-0.1, -0.05) is 13.0 Å². The predicted octanol–water partition coefficient (Wildman–Crippen LogP) is 1.48. The van der Waals surface area contributed by atoms with Gasteiger partial charge in [0.05, 0.1) is 24.2 Å². The highest BCUT2D eigenvalue weighted by molar-refractivity contribution is 7.93. The summed E-state index contributed by atoms with van der Waals surface area (Å²) in [5.41, 5.74) is 1.11. The summed E-state index contributed by atoms with van der Waals surface area (Å²) in [6.45, 7) is 4.22. The number of hydrogen-bond acceptors (Lipinski definition) is 4. The molecule has 3 rings (SSSR count). The van der Waals surface area contributed by atoms with E-state index in [2.05, 4.69) is 0 Å². The molecule has 2 saturated heterocycles. The van der Waals surface area contributed by atoms with E-state index >= 15 is 0 Å². The third-order valence-electron chi connectivity index (χ3n) is 4.36. The molecule has 0 aliphatic carbocycles. The number of carbonyl (C=O) groups excluding carboxylic acids is 1. The van der Waals surface area contributed by atoms with Crippen LogP contribution in [0.4, 0.5) is 5.69 Å². The lowest BCUT2D eigenvalue weighted by Crippen LogP contribution is -2.45. The molecule has 1 atom stereocenters. The third-order valence-corrected chi connectivity index (χ3v) is 6.23. The molecule has 0 unspecified atom stereocenters. The fourth-order valence-corrected chi connectivity index (χ4v) is 4.61. The Labute approximate surface area is 137 Å². The maximum Gasteiger partial charge on any atom is 0.254 e. The number of carbonyl (C=O) groups is 1. The molecule has 1 aromatic rings. The lowest BCUT2D eigenvalue weighted by Gasteiger charge is -2.32. The average molecular weight is 338 g/mol. The standard InChI is InChI=1S/C16H22N2O4S/c1-2-15-12-17(8-9-22-15)16(19)13-5-3-6-14(11-13)18-7-4-10-23(18,20)21/h3,5-6,11,15H,2,4,7-10,12H2,1H3/t15-/m1/s1. The van der Waals surface area contributed by atoms with Crippen molar-refractivity contribution in [2.24, 2.45) is 0 Å². The van der Waals surface area contributed by atoms with Crippen LogP contribution in [-0.4, -0.2) is 57.3 Å². The van der Waals surface area contributed by atoms with Crippen LogP contribution < -0.4 is 4.31 Å². The molecule has 2 aliphatic rings. The number of sulfonamides is 1. The highest BCUT2D eigenvalue weighted by atomic mass is 32.2. The topological polar surface area (TPSA) is 66.9 Å². The Bertz CT molecular complexity index is 689. The van der Waals surface area contributed by atoms with E-state index in [9.17, 15) is 13.2 Å². The Morgan fingerprint density at radius 2 is 2.17 bits per heavy atom. The first-order valence-corrected chi connectivity index (χ1v) is 9.63. The van der Waals surface area contributed by atoms with Crippen molar-refractivity contribution in [3.05, 3.63) is 29.8 Å². The van der Waals surface area contributed by atoms with Gasteiger partial charge in [0, 0.05) is 25.2 Å². The summed E-state index contributed by atoms with van der Waals surface area (Å²) in [4.78, 5) is 14.5. The number of ether oxygens (including phenoxy) is 1. The van der Waals surface area contributed by atoms with Crippen molar-refractivity contribution in [2.75, 3.05) is 36.3 Å². The highest BCUT2D eigenvalue weighted by Gasteiger charge is 2.29. The second-order valence-corrected chi connectivity index (χ2v) is 7.96. The Morgan fingerprint density at radius 3 is 2.87 bits per heavy atom. The van der Waals surface area contributed by atoms with Crippen LogP contribution in [0.5, 0.6) is 0 Å². The smallest absolute Gasteiger partial charge is 0.254 e. The largest absolute Gasteiger partial charge is 0.375 e. The summed E-state index contributed by atoms with van der Waals surface area (Å²) in [5, 5.41) is 0. The van der Waals surface area contributed by atoms with Crippen LogP contribution in [0.3, 0.4) is 0 Å². The Balaban J connectivity index is 1.81. The molecular formula is C16H22N2O4S. The van der Waals surface area contributed by atoms with Crippen molar-refractivity contribution in [3.8, 4) is 0 Å². The monoisotopic (exact) mass is 338 g/mol. The SMILES string of the molecule is CC[C@@H]1CN(C(=O)c2cccc(N3CCCS3(=O)=O)c2)CCO1. The summed E-state index contributed by atoms with van der Waals surface area (Å²) in [7, 11) is -3.23. The van der Waals surface area contributed by atoms with E-state index in [-0.39, 0.29) is 17.8 Å². The summed E-state index contributed by atoms with van der Waals surface area (Å²) in [6.07, 6.45) is 1.58. The van der Waals surface area contributed by atoms with Crippen LogP contribution >= 0.6 is 0 Å². The number of nitrogens with zero attached hydrogens (tertiary/aromatic N) is 2. The first kappa shape index (κ1) is 16.3. The van der Waals surface area contributed by atoms with E-state index in [1.54, 1.807) is 29.2 Å². The molecule has 0 aromatic heterocycles. The number of hydrogen-bond donors (Lipinski definition) is 0. The van der Waals surface area contributed by atoms with Crippen LogP contribution in [0.2, 0.25) is 0 Å². The molecule has 126 valence electrons. The van der Waals surface area contributed by atoms with Crippen LogP contribution in [-0.2, 0) is 14.8 Å². The van der Waals surface area contributed by atoms with Crippen molar-refractivity contribution in [1.29, 1.82) is 0 Å². The molecule has 0 spiro atoms. The van der Waals surface area contributed by atoms with Gasteiger partial charge in [-0.05, 0) is 31.0 Å². The van der Waals surface area contributed by atoms with Crippen molar-refractivity contribution >= 4 is 21.6 Å². The maximum atomic E-state index is 12.7. The van der Waals surface area contributed by atoms with Gasteiger partial charge < -0.3 is 9.64 Å². The second-order valence-electron chi connectivity index (χ2n) is 5.94. The zero-order chi connectivity index (χ0) is 16.4. The normalized spacial score (nSPS) is 24.0. The van der Waals surface area contributed by atoms with Crippen molar-refractivity contribution in [3.63, 3.8) is 0 Å². The van der Waals surface area contributed by atoms with Gasteiger partial charge in [0.2, 0.25) is 10.0 Å². The van der Waals surface area contributed by atoms with E-state index in [0.29, 0.717) is 43.9 Å². The molecule has 2 fully saturated rings. The van der Waals surface area contributed by atoms with E-state index in [4.69, 9.17) is 4.74 Å². The summed E-state index contributed by atoms with van der Waals surface area (Å²) >= 11 is 0. The first-order chi connectivity index (χ1) is 11.0. The zero-order valence-electron chi connectivity index (χ0n) is 13.3. The maximum absolute atomic E-state index is 12.7. The van der Waals surface area contributed by atoms with Crippen LogP contribution in [0.15, 0.2) is 24.3 Å². The van der Waals surface area contributed by atoms with Gasteiger partial charge in [0.25, 0.3) is 5.91 Å².